The Labute approximate surface area is 246 Å². The Morgan fingerprint density at radius 3 is 0.951 bits per heavy atom. The normalized spacial score (nSPS) is 9.90. The molecule has 216 valence electrons. The van der Waals surface area contributed by atoms with Crippen molar-refractivity contribution in [1.29, 1.82) is 0 Å². The zero-order valence-electron chi connectivity index (χ0n) is 25.3. The van der Waals surface area contributed by atoms with Crippen LogP contribution in [0.5, 0.6) is 0 Å². The largest absolute Gasteiger partial charge is 0.388 e. The van der Waals surface area contributed by atoms with E-state index in [-0.39, 0.29) is 11.6 Å². The highest BCUT2D eigenvalue weighted by Crippen LogP contribution is 2.20. The standard InChI is InChI=1S/C21H28N2O.C13H10O.C2H6O/c1-5-22(6-2)19-13-9-17(10-14-19)21(24)18-11-15-20(16-12-18)23(7-3)8-4;14-13(11-7-3-1-4-8-11)12-9-5-2-6-10-12;1-3-2/h9-16H,5-8H2,1-4H3;1-10H;1-2H3. The Bertz CT molecular complexity index is 1180. The van der Waals surface area contributed by atoms with E-state index < -0.39 is 0 Å². The molecule has 0 spiro atoms. The maximum absolute atomic E-state index is 12.7. The second-order valence-electron chi connectivity index (χ2n) is 9.24. The van der Waals surface area contributed by atoms with E-state index >= 15 is 0 Å². The van der Waals surface area contributed by atoms with Gasteiger partial charge in [-0.1, -0.05) is 60.7 Å². The van der Waals surface area contributed by atoms with Gasteiger partial charge in [0, 0.05) is 74.0 Å². The van der Waals surface area contributed by atoms with Gasteiger partial charge in [-0.2, -0.15) is 0 Å². The first kappa shape index (κ1) is 33.0. The predicted octanol–water partition coefficient (Wildman–Crippen LogP) is 7.79. The van der Waals surface area contributed by atoms with Crippen molar-refractivity contribution in [2.24, 2.45) is 0 Å². The fraction of sp³-hybridized carbons (Fsp3) is 0.278. The van der Waals surface area contributed by atoms with Gasteiger partial charge < -0.3 is 14.5 Å². The number of hydrogen-bond acceptors (Lipinski definition) is 5. The van der Waals surface area contributed by atoms with Crippen LogP contribution in [0.1, 0.15) is 59.5 Å². The maximum atomic E-state index is 12.7. The first-order valence-electron chi connectivity index (χ1n) is 14.2. The highest BCUT2D eigenvalue weighted by molar-refractivity contribution is 6.09. The SMILES string of the molecule is CCN(CC)c1ccc(C(=O)c2ccc(N(CC)CC)cc2)cc1.COC.O=C(c1ccccc1)c1ccccc1. The lowest BCUT2D eigenvalue weighted by Gasteiger charge is -2.21. The third-order valence-corrected chi connectivity index (χ3v) is 6.59. The molecule has 5 nitrogen and oxygen atoms in total. The van der Waals surface area contributed by atoms with Crippen LogP contribution in [0.3, 0.4) is 0 Å². The predicted molar refractivity (Wildman–Crippen MR) is 173 cm³/mol. The molecule has 0 radical (unpaired) electrons. The minimum Gasteiger partial charge on any atom is -0.388 e. The number of methoxy groups -OCH3 is 1. The fourth-order valence-electron chi connectivity index (χ4n) is 4.34. The Morgan fingerprint density at radius 2 is 0.707 bits per heavy atom. The number of hydrogen-bond donors (Lipinski definition) is 0. The summed E-state index contributed by atoms with van der Waals surface area (Å²) in [6.45, 7) is 12.4. The Morgan fingerprint density at radius 1 is 0.463 bits per heavy atom. The average molecular weight is 553 g/mol. The van der Waals surface area contributed by atoms with Crippen molar-refractivity contribution in [3.8, 4) is 0 Å². The molecule has 0 heterocycles. The number of anilines is 2. The van der Waals surface area contributed by atoms with Crippen molar-refractivity contribution in [3.05, 3.63) is 131 Å². The lowest BCUT2D eigenvalue weighted by molar-refractivity contribution is 0.103. The van der Waals surface area contributed by atoms with Gasteiger partial charge in [0.2, 0.25) is 0 Å². The van der Waals surface area contributed by atoms with E-state index in [2.05, 4.69) is 42.2 Å². The van der Waals surface area contributed by atoms with Crippen molar-refractivity contribution in [3.63, 3.8) is 0 Å². The van der Waals surface area contributed by atoms with Crippen LogP contribution in [0.25, 0.3) is 0 Å². The molecule has 0 unspecified atom stereocenters. The molecule has 0 aromatic heterocycles. The maximum Gasteiger partial charge on any atom is 0.193 e. The summed E-state index contributed by atoms with van der Waals surface area (Å²) >= 11 is 0. The van der Waals surface area contributed by atoms with Crippen molar-refractivity contribution >= 4 is 22.9 Å². The van der Waals surface area contributed by atoms with Gasteiger partial charge in [0.05, 0.1) is 0 Å². The van der Waals surface area contributed by atoms with Gasteiger partial charge >= 0.3 is 0 Å². The van der Waals surface area contributed by atoms with Gasteiger partial charge in [0.15, 0.2) is 11.6 Å². The summed E-state index contributed by atoms with van der Waals surface area (Å²) < 4.78 is 4.25. The topological polar surface area (TPSA) is 49.9 Å². The van der Waals surface area contributed by atoms with E-state index in [1.165, 1.54) is 0 Å². The third kappa shape index (κ3) is 10.0. The molecule has 0 fully saturated rings. The molecule has 0 atom stereocenters. The lowest BCUT2D eigenvalue weighted by Crippen LogP contribution is -2.22. The van der Waals surface area contributed by atoms with Crippen LogP contribution in [0.4, 0.5) is 11.4 Å². The summed E-state index contributed by atoms with van der Waals surface area (Å²) in [6, 6.07) is 34.4. The van der Waals surface area contributed by atoms with Crippen LogP contribution < -0.4 is 9.80 Å². The van der Waals surface area contributed by atoms with Crippen LogP contribution in [-0.2, 0) is 4.74 Å². The zero-order valence-corrected chi connectivity index (χ0v) is 25.3. The zero-order chi connectivity index (χ0) is 30.0. The Balaban J connectivity index is 0.000000291. The number of benzene rings is 4. The van der Waals surface area contributed by atoms with Crippen molar-refractivity contribution < 1.29 is 14.3 Å². The first-order valence-corrected chi connectivity index (χ1v) is 14.2. The van der Waals surface area contributed by atoms with E-state index in [0.29, 0.717) is 0 Å². The van der Waals surface area contributed by atoms with E-state index in [1.807, 2.05) is 109 Å². The number of carbonyl (C=O) groups is 2. The summed E-state index contributed by atoms with van der Waals surface area (Å²) in [6.07, 6.45) is 0. The molecule has 0 aliphatic carbocycles. The Hall–Kier alpha value is -4.22. The van der Waals surface area contributed by atoms with E-state index in [1.54, 1.807) is 14.2 Å². The second kappa shape index (κ2) is 18.2. The van der Waals surface area contributed by atoms with Crippen LogP contribution in [-0.4, -0.2) is 52.0 Å². The molecule has 0 bridgehead atoms. The molecule has 0 amide bonds. The summed E-state index contributed by atoms with van der Waals surface area (Å²) in [5, 5.41) is 0. The first-order chi connectivity index (χ1) is 19.9. The molecule has 0 saturated heterocycles. The van der Waals surface area contributed by atoms with Crippen molar-refractivity contribution in [2.75, 3.05) is 50.2 Å². The molecule has 4 rings (SSSR count). The highest BCUT2D eigenvalue weighted by atomic mass is 16.4. The third-order valence-electron chi connectivity index (χ3n) is 6.59. The molecule has 0 N–H and O–H groups in total. The van der Waals surface area contributed by atoms with E-state index in [9.17, 15) is 9.59 Å². The van der Waals surface area contributed by atoms with Gasteiger partial charge in [-0.05, 0) is 76.2 Å². The van der Waals surface area contributed by atoms with Crippen LogP contribution in [0.15, 0.2) is 109 Å². The molecular formula is C36H44N2O3. The smallest absolute Gasteiger partial charge is 0.193 e. The highest BCUT2D eigenvalue weighted by Gasteiger charge is 2.11. The molecule has 4 aromatic rings. The molecule has 41 heavy (non-hydrogen) atoms. The summed E-state index contributed by atoms with van der Waals surface area (Å²) in [7, 11) is 3.25. The van der Waals surface area contributed by atoms with Gasteiger partial charge in [-0.25, -0.2) is 0 Å². The van der Waals surface area contributed by atoms with Crippen LogP contribution in [0, 0.1) is 0 Å². The van der Waals surface area contributed by atoms with Crippen molar-refractivity contribution in [1.82, 2.24) is 0 Å². The molecule has 4 aromatic carbocycles. The Kier molecular flexibility index (Phi) is 14.6. The number of ether oxygens (including phenoxy) is 1. The number of rotatable bonds is 10. The van der Waals surface area contributed by atoms with E-state index in [4.69, 9.17) is 0 Å². The molecule has 5 heteroatoms. The number of ketones is 2. The van der Waals surface area contributed by atoms with Crippen molar-refractivity contribution in [2.45, 2.75) is 27.7 Å². The summed E-state index contributed by atoms with van der Waals surface area (Å²) in [4.78, 5) is 29.0. The van der Waals surface area contributed by atoms with Gasteiger partial charge in [-0.3, -0.25) is 9.59 Å². The van der Waals surface area contributed by atoms with E-state index in [0.717, 1.165) is 59.8 Å². The number of nitrogens with zero attached hydrogens (tertiary/aromatic N) is 2. The molecule has 0 saturated carbocycles. The van der Waals surface area contributed by atoms with Gasteiger partial charge in [0.25, 0.3) is 0 Å². The minimum atomic E-state index is 0.0752. The summed E-state index contributed by atoms with van der Waals surface area (Å²) in [5.41, 5.74) is 5.27. The minimum absolute atomic E-state index is 0.0752. The van der Waals surface area contributed by atoms with Gasteiger partial charge in [0.1, 0.15) is 0 Å². The number of carbonyl (C=O) groups excluding carboxylic acids is 2. The quantitative estimate of drug-likeness (QED) is 0.188. The second-order valence-corrected chi connectivity index (χ2v) is 9.24. The molecular weight excluding hydrogens is 508 g/mol. The molecule has 0 aliphatic heterocycles. The summed E-state index contributed by atoms with van der Waals surface area (Å²) in [5.74, 6) is 0.151. The monoisotopic (exact) mass is 552 g/mol. The fourth-order valence-corrected chi connectivity index (χ4v) is 4.34. The lowest BCUT2D eigenvalue weighted by atomic mass is 10.0. The van der Waals surface area contributed by atoms with Crippen LogP contribution >= 0.6 is 0 Å². The van der Waals surface area contributed by atoms with Gasteiger partial charge in [-0.15, -0.1) is 0 Å². The average Bonchev–Trinajstić information content (AvgIpc) is 3.04. The molecule has 0 aliphatic rings. The van der Waals surface area contributed by atoms with Crippen LogP contribution in [0.2, 0.25) is 0 Å².